The molecule has 0 bridgehead atoms. The molecule has 0 radical (unpaired) electrons. The fourth-order valence-electron chi connectivity index (χ4n) is 3.22. The van der Waals surface area contributed by atoms with E-state index in [1.807, 2.05) is 12.1 Å². The van der Waals surface area contributed by atoms with Crippen LogP contribution in [0, 0.1) is 5.82 Å². The second-order valence-electron chi connectivity index (χ2n) is 6.45. The molecule has 2 aromatic carbocycles. The second-order valence-corrected chi connectivity index (χ2v) is 8.60. The number of H-pyrrole nitrogens is 1. The average molecular weight is 485 g/mol. The Kier molecular flexibility index (Phi) is 4.70. The average Bonchev–Trinajstić information content (AvgIpc) is 3.34. The first-order valence-corrected chi connectivity index (χ1v) is 10.8. The Balaban J connectivity index is 1.51. The van der Waals surface area contributed by atoms with Crippen LogP contribution in [0.25, 0.3) is 44.0 Å². The number of thiophene rings is 1. The van der Waals surface area contributed by atoms with Crippen LogP contribution < -0.4 is 0 Å². The van der Waals surface area contributed by atoms with E-state index in [1.54, 1.807) is 29.7 Å². The number of pyridine rings is 1. The van der Waals surface area contributed by atoms with Crippen molar-refractivity contribution in [2.75, 3.05) is 0 Å². The predicted octanol–water partition coefficient (Wildman–Crippen LogP) is 7.58. The normalized spacial score (nSPS) is 11.3. The number of fused-ring (bicyclic) bond motifs is 1. The van der Waals surface area contributed by atoms with E-state index in [-0.39, 0.29) is 5.56 Å². The number of aromatic amines is 1. The lowest BCUT2D eigenvalue weighted by atomic mass is 10.1. The summed E-state index contributed by atoms with van der Waals surface area (Å²) in [6.45, 7) is 0. The van der Waals surface area contributed by atoms with E-state index in [0.29, 0.717) is 21.1 Å². The van der Waals surface area contributed by atoms with E-state index in [2.05, 4.69) is 60.5 Å². The van der Waals surface area contributed by atoms with Crippen LogP contribution in [0.5, 0.6) is 0 Å². The molecule has 0 atom stereocenters. The summed E-state index contributed by atoms with van der Waals surface area (Å²) in [6, 6.07) is 16.9. The number of imidazole rings is 1. The van der Waals surface area contributed by atoms with Gasteiger partial charge in [0.25, 0.3) is 0 Å². The first kappa shape index (κ1) is 18.5. The number of nitrogens with zero attached hydrogens (tertiary/aromatic N) is 2. The van der Waals surface area contributed by atoms with Crippen molar-refractivity contribution >= 4 is 49.0 Å². The molecule has 3 nitrogen and oxygen atoms in total. The van der Waals surface area contributed by atoms with Crippen molar-refractivity contribution in [3.8, 4) is 33.9 Å². The lowest BCUT2D eigenvalue weighted by molar-refractivity contribution is 0.630. The zero-order valence-electron chi connectivity index (χ0n) is 14.8. The fraction of sp³-hybridized carbons (Fsp3) is 0. The first-order valence-electron chi connectivity index (χ1n) is 8.74. The smallest absolute Gasteiger partial charge is 0.143 e. The van der Waals surface area contributed by atoms with Crippen molar-refractivity contribution in [3.05, 3.63) is 81.6 Å². The topological polar surface area (TPSA) is 41.6 Å². The summed E-state index contributed by atoms with van der Waals surface area (Å²) in [5, 5.41) is 3.59. The van der Waals surface area contributed by atoms with Gasteiger partial charge in [-0.15, -0.1) is 11.3 Å². The van der Waals surface area contributed by atoms with Crippen molar-refractivity contribution < 1.29 is 4.39 Å². The molecule has 0 amide bonds. The van der Waals surface area contributed by atoms with Gasteiger partial charge in [-0.2, -0.15) is 0 Å². The highest BCUT2D eigenvalue weighted by Crippen LogP contribution is 2.34. The highest BCUT2D eigenvalue weighted by molar-refractivity contribution is 9.10. The van der Waals surface area contributed by atoms with Crippen LogP contribution in [0.3, 0.4) is 0 Å². The van der Waals surface area contributed by atoms with Crippen LogP contribution in [0.2, 0.25) is 5.02 Å². The van der Waals surface area contributed by atoms with Crippen molar-refractivity contribution in [1.82, 2.24) is 15.0 Å². The summed E-state index contributed by atoms with van der Waals surface area (Å²) in [5.74, 6) is -0.0652. The maximum absolute atomic E-state index is 14.2. The van der Waals surface area contributed by atoms with Crippen LogP contribution >= 0.6 is 38.9 Å². The minimum atomic E-state index is -0.428. The fourth-order valence-corrected chi connectivity index (χ4v) is 4.75. The van der Waals surface area contributed by atoms with Gasteiger partial charge in [-0.1, -0.05) is 23.7 Å². The Bertz CT molecular complexity index is 1320. The lowest BCUT2D eigenvalue weighted by Gasteiger charge is -2.03. The molecule has 3 heterocycles. The van der Waals surface area contributed by atoms with Crippen molar-refractivity contribution in [2.24, 2.45) is 0 Å². The standard InChI is InChI=1S/C22H12BrClFN3S/c23-21-20(27-22(28-21)19-15(24)2-1-3-16(19)25)14-4-6-17(26-11-14)12-5-7-18-13(10-12)8-9-29-18/h1-11H,(H,27,28). The third-order valence-electron chi connectivity index (χ3n) is 4.64. The molecule has 29 heavy (non-hydrogen) atoms. The zero-order chi connectivity index (χ0) is 20.0. The number of rotatable bonds is 3. The number of aromatic nitrogens is 3. The molecule has 5 aromatic rings. The molecular weight excluding hydrogens is 473 g/mol. The molecule has 0 spiro atoms. The van der Waals surface area contributed by atoms with E-state index in [1.165, 1.54) is 16.2 Å². The number of hydrogen-bond donors (Lipinski definition) is 1. The molecule has 0 aliphatic carbocycles. The molecule has 0 saturated carbocycles. The maximum Gasteiger partial charge on any atom is 0.143 e. The van der Waals surface area contributed by atoms with E-state index in [9.17, 15) is 4.39 Å². The van der Waals surface area contributed by atoms with E-state index >= 15 is 0 Å². The molecule has 1 N–H and O–H groups in total. The van der Waals surface area contributed by atoms with E-state index < -0.39 is 5.82 Å². The Morgan fingerprint density at radius 2 is 1.90 bits per heavy atom. The Labute approximate surface area is 183 Å². The van der Waals surface area contributed by atoms with Gasteiger partial charge < -0.3 is 4.98 Å². The summed E-state index contributed by atoms with van der Waals surface area (Å²) in [7, 11) is 0. The van der Waals surface area contributed by atoms with Gasteiger partial charge >= 0.3 is 0 Å². The van der Waals surface area contributed by atoms with Gasteiger partial charge in [0.1, 0.15) is 21.9 Å². The van der Waals surface area contributed by atoms with Crippen LogP contribution in [0.4, 0.5) is 4.39 Å². The van der Waals surface area contributed by atoms with Crippen LogP contribution in [0.1, 0.15) is 0 Å². The minimum Gasteiger partial charge on any atom is -0.332 e. The van der Waals surface area contributed by atoms with Crippen LogP contribution in [0.15, 0.2) is 70.8 Å². The number of nitrogens with one attached hydrogen (secondary N) is 1. The summed E-state index contributed by atoms with van der Waals surface area (Å²) in [4.78, 5) is 12.2. The van der Waals surface area contributed by atoms with E-state index in [4.69, 9.17) is 11.6 Å². The van der Waals surface area contributed by atoms with Crippen LogP contribution in [-0.4, -0.2) is 15.0 Å². The third-order valence-corrected chi connectivity index (χ3v) is 6.43. The molecule has 7 heteroatoms. The summed E-state index contributed by atoms with van der Waals surface area (Å²) in [6.07, 6.45) is 1.76. The van der Waals surface area contributed by atoms with Gasteiger partial charge in [0, 0.05) is 22.0 Å². The second kappa shape index (κ2) is 7.37. The first-order chi connectivity index (χ1) is 14.1. The van der Waals surface area contributed by atoms with E-state index in [0.717, 1.165) is 16.8 Å². The molecule has 142 valence electrons. The summed E-state index contributed by atoms with van der Waals surface area (Å²) < 4.78 is 16.1. The molecular formula is C22H12BrClFN3S. The van der Waals surface area contributed by atoms with Gasteiger partial charge in [-0.25, -0.2) is 9.37 Å². The van der Waals surface area contributed by atoms with Crippen LogP contribution in [-0.2, 0) is 0 Å². The number of benzene rings is 2. The molecule has 3 aromatic heterocycles. The summed E-state index contributed by atoms with van der Waals surface area (Å²) in [5.41, 5.74) is 3.64. The molecule has 0 aliphatic heterocycles. The lowest BCUT2D eigenvalue weighted by Crippen LogP contribution is -1.88. The van der Waals surface area contributed by atoms with Gasteiger partial charge in [0.05, 0.1) is 16.3 Å². The Morgan fingerprint density at radius 3 is 2.69 bits per heavy atom. The van der Waals surface area contributed by atoms with Crippen molar-refractivity contribution in [3.63, 3.8) is 0 Å². The largest absolute Gasteiger partial charge is 0.332 e. The van der Waals surface area contributed by atoms with Gasteiger partial charge in [0.15, 0.2) is 0 Å². The molecule has 0 unspecified atom stereocenters. The summed E-state index contributed by atoms with van der Waals surface area (Å²) >= 11 is 11.4. The quantitative estimate of drug-likeness (QED) is 0.287. The van der Waals surface area contributed by atoms with Gasteiger partial charge in [0.2, 0.25) is 0 Å². The SMILES string of the molecule is Fc1cccc(Cl)c1-c1nc(-c2ccc(-c3ccc4sccc4c3)nc2)c(Br)[nH]1. The maximum atomic E-state index is 14.2. The molecule has 5 rings (SSSR count). The van der Waals surface area contributed by atoms with Gasteiger partial charge in [-0.3, -0.25) is 4.98 Å². The number of halogens is 3. The molecule has 0 aliphatic rings. The highest BCUT2D eigenvalue weighted by atomic mass is 79.9. The Morgan fingerprint density at radius 1 is 1.03 bits per heavy atom. The third kappa shape index (κ3) is 3.37. The molecule has 0 fully saturated rings. The monoisotopic (exact) mass is 483 g/mol. The minimum absolute atomic E-state index is 0.245. The highest BCUT2D eigenvalue weighted by Gasteiger charge is 2.17. The van der Waals surface area contributed by atoms with Crippen molar-refractivity contribution in [1.29, 1.82) is 0 Å². The zero-order valence-corrected chi connectivity index (χ0v) is 17.9. The predicted molar refractivity (Wildman–Crippen MR) is 121 cm³/mol. The van der Waals surface area contributed by atoms with Gasteiger partial charge in [-0.05, 0) is 69.2 Å². The molecule has 0 saturated heterocycles. The Hall–Kier alpha value is -2.54. The number of hydrogen-bond acceptors (Lipinski definition) is 3. The van der Waals surface area contributed by atoms with Crippen molar-refractivity contribution in [2.45, 2.75) is 0 Å².